The van der Waals surface area contributed by atoms with Crippen LogP contribution in [-0.2, 0) is 6.42 Å². The lowest BCUT2D eigenvalue weighted by Gasteiger charge is -2.12. The molecular weight excluding hydrogens is 455 g/mol. The quantitative estimate of drug-likeness (QED) is 0.248. The molecule has 0 bridgehead atoms. The van der Waals surface area contributed by atoms with E-state index in [1.807, 2.05) is 24.3 Å². The minimum atomic E-state index is -0.229. The smallest absolute Gasteiger partial charge is 0.287 e. The number of halogens is 2. The molecule has 0 saturated heterocycles. The van der Waals surface area contributed by atoms with Crippen LogP contribution in [0.4, 0.5) is 0 Å². The van der Waals surface area contributed by atoms with E-state index in [-0.39, 0.29) is 29.9 Å². The number of amides is 1. The molecule has 3 N–H and O–H groups in total. The topological polar surface area (TPSA) is 78.7 Å². The van der Waals surface area contributed by atoms with Crippen molar-refractivity contribution in [1.29, 1.82) is 0 Å². The highest BCUT2D eigenvalue weighted by molar-refractivity contribution is 14.0. The Morgan fingerprint density at radius 3 is 2.40 bits per heavy atom. The first kappa shape index (κ1) is 21.3. The molecule has 25 heavy (non-hydrogen) atoms. The monoisotopic (exact) mass is 476 g/mol. The summed E-state index contributed by atoms with van der Waals surface area (Å²) < 4.78 is 5.02. The van der Waals surface area contributed by atoms with Gasteiger partial charge in [0.25, 0.3) is 5.91 Å². The normalized spacial score (nSPS) is 10.7. The summed E-state index contributed by atoms with van der Waals surface area (Å²) in [7, 11) is 1.71. The van der Waals surface area contributed by atoms with E-state index in [4.69, 9.17) is 16.0 Å². The van der Waals surface area contributed by atoms with Crippen molar-refractivity contribution in [2.75, 3.05) is 26.7 Å². The molecule has 6 nitrogen and oxygen atoms in total. The summed E-state index contributed by atoms with van der Waals surface area (Å²) in [5.41, 5.74) is 1.20. The summed E-state index contributed by atoms with van der Waals surface area (Å²) in [6.45, 7) is 1.78. The third-order valence-corrected chi connectivity index (χ3v) is 3.54. The Hall–Kier alpha value is -1.74. The number of hydrogen-bond acceptors (Lipinski definition) is 3. The first-order valence-corrected chi connectivity index (χ1v) is 8.07. The van der Waals surface area contributed by atoms with Gasteiger partial charge in [-0.3, -0.25) is 9.79 Å². The van der Waals surface area contributed by atoms with Gasteiger partial charge in [-0.15, -0.1) is 24.0 Å². The molecule has 0 radical (unpaired) electrons. The van der Waals surface area contributed by atoms with Gasteiger partial charge in [0.05, 0.1) is 6.26 Å². The van der Waals surface area contributed by atoms with Gasteiger partial charge in [0.15, 0.2) is 11.7 Å². The molecule has 1 heterocycles. The van der Waals surface area contributed by atoms with Gasteiger partial charge in [-0.25, -0.2) is 0 Å². The van der Waals surface area contributed by atoms with Crippen LogP contribution < -0.4 is 16.0 Å². The molecule has 1 aromatic carbocycles. The van der Waals surface area contributed by atoms with Gasteiger partial charge in [0.2, 0.25) is 0 Å². The van der Waals surface area contributed by atoms with Crippen molar-refractivity contribution in [2.24, 2.45) is 4.99 Å². The summed E-state index contributed by atoms with van der Waals surface area (Å²) >= 11 is 5.86. The van der Waals surface area contributed by atoms with Crippen molar-refractivity contribution in [2.45, 2.75) is 6.42 Å². The maximum Gasteiger partial charge on any atom is 0.287 e. The number of guanidine groups is 1. The molecule has 0 aliphatic rings. The van der Waals surface area contributed by atoms with E-state index in [0.717, 1.165) is 18.0 Å². The molecule has 0 fully saturated rings. The third-order valence-electron chi connectivity index (χ3n) is 3.29. The molecular formula is C17H22ClIN4O2. The molecule has 0 aliphatic carbocycles. The van der Waals surface area contributed by atoms with E-state index in [9.17, 15) is 4.79 Å². The van der Waals surface area contributed by atoms with Crippen LogP contribution in [0.3, 0.4) is 0 Å². The molecule has 2 aromatic rings. The predicted molar refractivity (Wildman–Crippen MR) is 111 cm³/mol. The van der Waals surface area contributed by atoms with E-state index in [0.29, 0.717) is 24.8 Å². The Bertz CT molecular complexity index is 660. The number of aliphatic imine (C=N–C) groups is 1. The van der Waals surface area contributed by atoms with Crippen molar-refractivity contribution >= 4 is 47.4 Å². The highest BCUT2D eigenvalue weighted by atomic mass is 127. The fourth-order valence-electron chi connectivity index (χ4n) is 2.05. The van der Waals surface area contributed by atoms with E-state index in [2.05, 4.69) is 20.9 Å². The van der Waals surface area contributed by atoms with Crippen molar-refractivity contribution in [3.05, 3.63) is 59.0 Å². The first-order valence-electron chi connectivity index (χ1n) is 7.69. The van der Waals surface area contributed by atoms with Gasteiger partial charge in [-0.05, 0) is 36.2 Å². The molecule has 0 spiro atoms. The lowest BCUT2D eigenvalue weighted by Crippen LogP contribution is -2.42. The fourth-order valence-corrected chi connectivity index (χ4v) is 2.17. The Kier molecular flexibility index (Phi) is 10.0. The second kappa shape index (κ2) is 11.8. The maximum atomic E-state index is 11.7. The summed E-state index contributed by atoms with van der Waals surface area (Å²) in [4.78, 5) is 15.8. The number of furan rings is 1. The van der Waals surface area contributed by atoms with Crippen LogP contribution in [-0.4, -0.2) is 38.5 Å². The lowest BCUT2D eigenvalue weighted by molar-refractivity contribution is 0.0926. The van der Waals surface area contributed by atoms with Crippen LogP contribution >= 0.6 is 35.6 Å². The van der Waals surface area contributed by atoms with Crippen molar-refractivity contribution in [3.63, 3.8) is 0 Å². The van der Waals surface area contributed by atoms with E-state index >= 15 is 0 Å². The minimum absolute atomic E-state index is 0. The summed E-state index contributed by atoms with van der Waals surface area (Å²) in [6, 6.07) is 11.1. The molecule has 0 atom stereocenters. The molecule has 0 unspecified atom stereocenters. The third kappa shape index (κ3) is 7.78. The first-order chi connectivity index (χ1) is 11.7. The van der Waals surface area contributed by atoms with Crippen LogP contribution in [0.2, 0.25) is 5.02 Å². The zero-order valence-electron chi connectivity index (χ0n) is 13.9. The Balaban J connectivity index is 0.00000312. The largest absolute Gasteiger partial charge is 0.459 e. The highest BCUT2D eigenvalue weighted by Crippen LogP contribution is 2.09. The number of benzene rings is 1. The second-order valence-corrected chi connectivity index (χ2v) is 5.47. The highest BCUT2D eigenvalue weighted by Gasteiger charge is 2.06. The van der Waals surface area contributed by atoms with E-state index < -0.39 is 0 Å². The summed E-state index contributed by atoms with van der Waals surface area (Å²) in [5.74, 6) is 0.768. The lowest BCUT2D eigenvalue weighted by atomic mass is 10.1. The van der Waals surface area contributed by atoms with Crippen LogP contribution in [0.5, 0.6) is 0 Å². The van der Waals surface area contributed by atoms with Gasteiger partial charge in [-0.1, -0.05) is 23.7 Å². The van der Waals surface area contributed by atoms with Gasteiger partial charge < -0.3 is 20.4 Å². The van der Waals surface area contributed by atoms with Gasteiger partial charge in [0.1, 0.15) is 0 Å². The Labute approximate surface area is 169 Å². The molecule has 2 rings (SSSR count). The van der Waals surface area contributed by atoms with Crippen LogP contribution in [0.1, 0.15) is 16.1 Å². The Morgan fingerprint density at radius 2 is 1.76 bits per heavy atom. The molecule has 0 aliphatic heterocycles. The number of rotatable bonds is 7. The molecule has 8 heteroatoms. The van der Waals surface area contributed by atoms with Crippen molar-refractivity contribution < 1.29 is 9.21 Å². The zero-order chi connectivity index (χ0) is 17.2. The summed E-state index contributed by atoms with van der Waals surface area (Å²) in [5, 5.41) is 9.86. The number of nitrogens with zero attached hydrogens (tertiary/aromatic N) is 1. The average molecular weight is 477 g/mol. The van der Waals surface area contributed by atoms with Gasteiger partial charge in [0, 0.05) is 31.7 Å². The van der Waals surface area contributed by atoms with E-state index in [1.54, 1.807) is 19.2 Å². The predicted octanol–water partition coefficient (Wildman–Crippen LogP) is 2.69. The SMILES string of the molecule is CN=C(NCCNC(=O)c1ccco1)NCCc1ccc(Cl)cc1.I. The fraction of sp³-hybridized carbons (Fsp3) is 0.294. The number of hydrogen-bond donors (Lipinski definition) is 3. The number of carbonyl (C=O) groups is 1. The molecule has 1 amide bonds. The standard InChI is InChI=1S/C17H21ClN4O2.HI/c1-19-17(21-9-8-13-4-6-14(18)7-5-13)22-11-10-20-16(23)15-3-2-12-24-15;/h2-7,12H,8-11H2,1H3,(H,20,23)(H2,19,21,22);1H. The van der Waals surface area contributed by atoms with Crippen LogP contribution in [0.25, 0.3) is 0 Å². The van der Waals surface area contributed by atoms with Crippen molar-refractivity contribution in [1.82, 2.24) is 16.0 Å². The second-order valence-electron chi connectivity index (χ2n) is 5.04. The molecule has 136 valence electrons. The summed E-state index contributed by atoms with van der Waals surface area (Å²) in [6.07, 6.45) is 2.34. The zero-order valence-corrected chi connectivity index (χ0v) is 17.0. The number of nitrogens with one attached hydrogen (secondary N) is 3. The van der Waals surface area contributed by atoms with Crippen molar-refractivity contribution in [3.8, 4) is 0 Å². The van der Waals surface area contributed by atoms with E-state index in [1.165, 1.54) is 11.8 Å². The number of carbonyl (C=O) groups excluding carboxylic acids is 1. The van der Waals surface area contributed by atoms with Gasteiger partial charge >= 0.3 is 0 Å². The van der Waals surface area contributed by atoms with Crippen LogP contribution in [0.15, 0.2) is 52.1 Å². The minimum Gasteiger partial charge on any atom is -0.459 e. The average Bonchev–Trinajstić information content (AvgIpc) is 3.13. The van der Waals surface area contributed by atoms with Crippen LogP contribution in [0, 0.1) is 0 Å². The Morgan fingerprint density at radius 1 is 1.08 bits per heavy atom. The maximum absolute atomic E-state index is 11.7. The molecule has 1 aromatic heterocycles. The van der Waals surface area contributed by atoms with Gasteiger partial charge in [-0.2, -0.15) is 0 Å². The molecule has 0 saturated carbocycles.